The first-order chi connectivity index (χ1) is 28.7. The highest BCUT2D eigenvalue weighted by molar-refractivity contribution is 6.24. The lowest BCUT2D eigenvalue weighted by molar-refractivity contribution is 1.18. The first-order valence-corrected chi connectivity index (χ1v) is 19.9. The fourth-order valence-electron chi connectivity index (χ4n) is 8.69. The second-order valence-corrected chi connectivity index (χ2v) is 15.0. The van der Waals surface area contributed by atoms with Crippen molar-refractivity contribution in [2.75, 3.05) is 4.90 Å². The summed E-state index contributed by atoms with van der Waals surface area (Å²) in [5.74, 6) is 0. The Morgan fingerprint density at radius 1 is 0.259 bits per heavy atom. The van der Waals surface area contributed by atoms with E-state index in [4.69, 9.17) is 0 Å². The van der Waals surface area contributed by atoms with Crippen molar-refractivity contribution < 1.29 is 0 Å². The molecule has 0 saturated heterocycles. The maximum Gasteiger partial charge on any atom is 0.0547 e. The van der Waals surface area contributed by atoms with Crippen molar-refractivity contribution in [1.82, 2.24) is 4.57 Å². The minimum absolute atomic E-state index is 1.10. The van der Waals surface area contributed by atoms with Gasteiger partial charge in [-0.15, -0.1) is 0 Å². The Kier molecular flexibility index (Phi) is 8.19. The van der Waals surface area contributed by atoms with Gasteiger partial charge in [-0.05, 0) is 116 Å². The van der Waals surface area contributed by atoms with E-state index in [0.717, 1.165) is 17.1 Å². The molecule has 0 radical (unpaired) electrons. The molecule has 0 N–H and O–H groups in total. The van der Waals surface area contributed by atoms with Crippen molar-refractivity contribution in [1.29, 1.82) is 0 Å². The van der Waals surface area contributed by atoms with Crippen molar-refractivity contribution in [3.63, 3.8) is 0 Å². The van der Waals surface area contributed by atoms with E-state index in [0.29, 0.717) is 0 Å². The van der Waals surface area contributed by atoms with Gasteiger partial charge in [-0.1, -0.05) is 170 Å². The SMILES string of the molecule is c1ccc(-c2ccc(N(c3ccc(-c4ccccc4)cc3)c3ccc(-c4ccc(-c5cccc(-n6c7cccc8ccc9cccc6c9c87)c5)cc4)cc3)cc2)cc1. The molecule has 1 aromatic heterocycles. The predicted molar refractivity (Wildman–Crippen MR) is 246 cm³/mol. The van der Waals surface area contributed by atoms with E-state index in [1.54, 1.807) is 0 Å². The highest BCUT2D eigenvalue weighted by Gasteiger charge is 2.17. The van der Waals surface area contributed by atoms with Gasteiger partial charge >= 0.3 is 0 Å². The summed E-state index contributed by atoms with van der Waals surface area (Å²) in [4.78, 5) is 2.34. The normalized spacial score (nSPS) is 11.4. The van der Waals surface area contributed by atoms with Crippen molar-refractivity contribution in [2.24, 2.45) is 0 Å². The van der Waals surface area contributed by atoms with Gasteiger partial charge in [0.25, 0.3) is 0 Å². The third kappa shape index (κ3) is 5.91. The quantitative estimate of drug-likeness (QED) is 0.141. The van der Waals surface area contributed by atoms with Gasteiger partial charge in [0.1, 0.15) is 0 Å². The Hall–Kier alpha value is -7.68. The Balaban J connectivity index is 0.903. The first kappa shape index (κ1) is 33.6. The number of nitrogens with zero attached hydrogens (tertiary/aromatic N) is 2. The maximum absolute atomic E-state index is 2.42. The molecule has 2 heteroatoms. The van der Waals surface area contributed by atoms with Crippen LogP contribution in [0, 0.1) is 0 Å². The second-order valence-electron chi connectivity index (χ2n) is 15.0. The van der Waals surface area contributed by atoms with Gasteiger partial charge < -0.3 is 9.47 Å². The Labute approximate surface area is 338 Å². The van der Waals surface area contributed by atoms with Gasteiger partial charge in [-0.3, -0.25) is 0 Å². The van der Waals surface area contributed by atoms with E-state index in [2.05, 4.69) is 240 Å². The molecule has 0 bridgehead atoms. The summed E-state index contributed by atoms with van der Waals surface area (Å²) in [5, 5.41) is 5.23. The molecule has 58 heavy (non-hydrogen) atoms. The number of rotatable bonds is 8. The number of anilines is 3. The molecular formula is C56H38N2. The van der Waals surface area contributed by atoms with E-state index < -0.39 is 0 Å². The van der Waals surface area contributed by atoms with Crippen LogP contribution in [0.1, 0.15) is 0 Å². The van der Waals surface area contributed by atoms with E-state index in [1.165, 1.54) is 82.8 Å². The molecule has 10 aromatic carbocycles. The molecule has 0 fully saturated rings. The zero-order valence-corrected chi connectivity index (χ0v) is 31.8. The maximum atomic E-state index is 2.42. The zero-order chi connectivity index (χ0) is 38.4. The van der Waals surface area contributed by atoms with Crippen LogP contribution in [0.15, 0.2) is 231 Å². The van der Waals surface area contributed by atoms with E-state index in [9.17, 15) is 0 Å². The third-order valence-electron chi connectivity index (χ3n) is 11.6. The molecule has 0 saturated carbocycles. The lowest BCUT2D eigenvalue weighted by atomic mass is 9.99. The number of aromatic nitrogens is 1. The topological polar surface area (TPSA) is 8.17 Å². The molecule has 0 aliphatic heterocycles. The van der Waals surface area contributed by atoms with Gasteiger partial charge in [0.2, 0.25) is 0 Å². The summed E-state index contributed by atoms with van der Waals surface area (Å²) >= 11 is 0. The lowest BCUT2D eigenvalue weighted by Crippen LogP contribution is -2.09. The Morgan fingerprint density at radius 3 is 1.03 bits per heavy atom. The highest BCUT2D eigenvalue weighted by atomic mass is 15.1. The van der Waals surface area contributed by atoms with Gasteiger partial charge in [-0.2, -0.15) is 0 Å². The predicted octanol–water partition coefficient (Wildman–Crippen LogP) is 15.5. The van der Waals surface area contributed by atoms with Crippen LogP contribution in [0.25, 0.3) is 82.8 Å². The minimum atomic E-state index is 1.10. The van der Waals surface area contributed by atoms with Crippen LogP contribution < -0.4 is 4.90 Å². The molecule has 0 aliphatic rings. The van der Waals surface area contributed by atoms with Crippen LogP contribution in [-0.4, -0.2) is 4.57 Å². The molecule has 0 unspecified atom stereocenters. The van der Waals surface area contributed by atoms with E-state index in [1.807, 2.05) is 0 Å². The molecular weight excluding hydrogens is 701 g/mol. The fourth-order valence-corrected chi connectivity index (χ4v) is 8.69. The van der Waals surface area contributed by atoms with Crippen molar-refractivity contribution in [2.45, 2.75) is 0 Å². The number of hydrogen-bond donors (Lipinski definition) is 0. The molecule has 0 spiro atoms. The van der Waals surface area contributed by atoms with Crippen LogP contribution in [-0.2, 0) is 0 Å². The van der Waals surface area contributed by atoms with Crippen LogP contribution >= 0.6 is 0 Å². The highest BCUT2D eigenvalue weighted by Crippen LogP contribution is 2.40. The van der Waals surface area contributed by atoms with Crippen LogP contribution in [0.4, 0.5) is 17.1 Å². The summed E-state index contributed by atoms with van der Waals surface area (Å²) in [6.07, 6.45) is 0. The van der Waals surface area contributed by atoms with Crippen LogP contribution in [0.3, 0.4) is 0 Å². The van der Waals surface area contributed by atoms with Crippen molar-refractivity contribution >= 4 is 49.6 Å². The number of benzene rings is 10. The lowest BCUT2D eigenvalue weighted by Gasteiger charge is -2.26. The summed E-state index contributed by atoms with van der Waals surface area (Å²) in [6, 6.07) is 83.5. The molecule has 11 rings (SSSR count). The van der Waals surface area contributed by atoms with Crippen molar-refractivity contribution in [3.8, 4) is 50.2 Å². The summed E-state index contributed by atoms with van der Waals surface area (Å²) in [6.45, 7) is 0. The molecule has 2 nitrogen and oxygen atoms in total. The average Bonchev–Trinajstić information content (AvgIpc) is 3.66. The monoisotopic (exact) mass is 738 g/mol. The first-order valence-electron chi connectivity index (χ1n) is 19.9. The average molecular weight is 739 g/mol. The van der Waals surface area contributed by atoms with Crippen LogP contribution in [0.5, 0.6) is 0 Å². The molecule has 1 heterocycles. The minimum Gasteiger partial charge on any atom is -0.311 e. The fraction of sp³-hybridized carbons (Fsp3) is 0. The standard InChI is InChI=1S/C56H38N2/c1-3-10-39(11-4-1)42-26-32-49(33-27-42)57(50-34-28-43(29-35-50)40-12-5-2-6-13-40)51-36-30-44(31-37-51)41-20-22-45(23-21-41)48-16-7-17-52(38-48)58-53-18-8-14-46-24-25-47-15-9-19-54(58)56(47)55(46)53/h1-38H. The van der Waals surface area contributed by atoms with E-state index >= 15 is 0 Å². The zero-order valence-electron chi connectivity index (χ0n) is 31.8. The molecule has 0 amide bonds. The largest absolute Gasteiger partial charge is 0.311 e. The van der Waals surface area contributed by atoms with Gasteiger partial charge in [0.05, 0.1) is 11.0 Å². The smallest absolute Gasteiger partial charge is 0.0547 e. The van der Waals surface area contributed by atoms with Crippen LogP contribution in [0.2, 0.25) is 0 Å². The molecule has 272 valence electrons. The van der Waals surface area contributed by atoms with Gasteiger partial charge in [-0.25, -0.2) is 0 Å². The molecule has 0 aliphatic carbocycles. The Bertz CT molecular complexity index is 3010. The molecule has 11 aromatic rings. The summed E-state index contributed by atoms with van der Waals surface area (Å²) < 4.78 is 2.42. The second kappa shape index (κ2) is 14.1. The third-order valence-corrected chi connectivity index (χ3v) is 11.6. The Morgan fingerprint density at radius 2 is 0.603 bits per heavy atom. The van der Waals surface area contributed by atoms with Crippen molar-refractivity contribution in [3.05, 3.63) is 231 Å². The molecule has 0 atom stereocenters. The summed E-state index contributed by atoms with van der Waals surface area (Å²) in [7, 11) is 0. The summed E-state index contributed by atoms with van der Waals surface area (Å²) in [5.41, 5.74) is 16.6. The van der Waals surface area contributed by atoms with Gasteiger partial charge in [0, 0.05) is 33.5 Å². The number of hydrogen-bond acceptors (Lipinski definition) is 1. The van der Waals surface area contributed by atoms with Gasteiger partial charge in [0.15, 0.2) is 0 Å². The van der Waals surface area contributed by atoms with E-state index in [-0.39, 0.29) is 0 Å².